The lowest BCUT2D eigenvalue weighted by atomic mass is 10.1. The molecule has 1 rings (SSSR count). The fourth-order valence-corrected chi connectivity index (χ4v) is 2.00. The Hall–Kier alpha value is -1.06. The normalized spacial score (nSPS) is 12.8. The first-order valence-corrected chi connectivity index (χ1v) is 6.52. The van der Waals surface area contributed by atoms with Gasteiger partial charge in [0.1, 0.15) is 18.5 Å². The van der Waals surface area contributed by atoms with E-state index in [1.54, 1.807) is 0 Å². The molecule has 3 heteroatoms. The summed E-state index contributed by atoms with van der Waals surface area (Å²) in [5.74, 6) is 0.893. The zero-order chi connectivity index (χ0) is 13.7. The van der Waals surface area contributed by atoms with Crippen molar-refractivity contribution in [3.05, 3.63) is 28.8 Å². The number of hydrogen-bond donors (Lipinski definition) is 2. The standard InChI is InChI=1S/C15H25NO2/c1-10(2)16-8-14(17)9-18-15-12(4)6-11(3)7-13(15)5/h6-7,10,14,16-17H,8-9H2,1-5H3/t14-/m0/s1. The van der Waals surface area contributed by atoms with Gasteiger partial charge in [-0.3, -0.25) is 0 Å². The molecule has 0 aliphatic carbocycles. The number of aliphatic hydroxyl groups excluding tert-OH is 1. The molecule has 0 aliphatic rings. The third-order valence-corrected chi connectivity index (χ3v) is 2.79. The molecule has 0 unspecified atom stereocenters. The van der Waals surface area contributed by atoms with E-state index >= 15 is 0 Å². The lowest BCUT2D eigenvalue weighted by Gasteiger charge is -2.17. The second kappa shape index (κ2) is 6.76. The van der Waals surface area contributed by atoms with Gasteiger partial charge >= 0.3 is 0 Å². The smallest absolute Gasteiger partial charge is 0.125 e. The SMILES string of the molecule is Cc1cc(C)c(OC[C@@H](O)CNC(C)C)c(C)c1. The second-order valence-electron chi connectivity index (χ2n) is 5.26. The van der Waals surface area contributed by atoms with Crippen LogP contribution in [0.3, 0.4) is 0 Å². The van der Waals surface area contributed by atoms with Crippen molar-refractivity contribution >= 4 is 0 Å². The molecule has 18 heavy (non-hydrogen) atoms. The van der Waals surface area contributed by atoms with Crippen molar-refractivity contribution in [1.29, 1.82) is 0 Å². The minimum absolute atomic E-state index is 0.324. The summed E-state index contributed by atoms with van der Waals surface area (Å²) in [7, 11) is 0. The molecule has 102 valence electrons. The maximum absolute atomic E-state index is 9.81. The molecular weight excluding hydrogens is 226 g/mol. The Morgan fingerprint density at radius 2 is 1.72 bits per heavy atom. The Balaban J connectivity index is 2.53. The van der Waals surface area contributed by atoms with E-state index in [1.165, 1.54) is 5.56 Å². The van der Waals surface area contributed by atoms with E-state index in [4.69, 9.17) is 4.74 Å². The maximum Gasteiger partial charge on any atom is 0.125 e. The van der Waals surface area contributed by atoms with Gasteiger partial charge in [-0.25, -0.2) is 0 Å². The van der Waals surface area contributed by atoms with Crippen LogP contribution in [0.1, 0.15) is 30.5 Å². The Labute approximate surface area is 110 Å². The van der Waals surface area contributed by atoms with E-state index in [9.17, 15) is 5.11 Å². The third kappa shape index (κ3) is 4.67. The van der Waals surface area contributed by atoms with Crippen molar-refractivity contribution < 1.29 is 9.84 Å². The summed E-state index contributed by atoms with van der Waals surface area (Å²) in [4.78, 5) is 0. The van der Waals surface area contributed by atoms with E-state index in [0.29, 0.717) is 19.2 Å². The first-order chi connectivity index (χ1) is 8.40. The maximum atomic E-state index is 9.81. The van der Waals surface area contributed by atoms with Crippen molar-refractivity contribution in [2.45, 2.75) is 46.8 Å². The largest absolute Gasteiger partial charge is 0.490 e. The van der Waals surface area contributed by atoms with Crippen molar-refractivity contribution in [3.8, 4) is 5.75 Å². The molecule has 2 N–H and O–H groups in total. The molecule has 0 bridgehead atoms. The molecule has 1 atom stereocenters. The molecule has 0 aliphatic heterocycles. The summed E-state index contributed by atoms with van der Waals surface area (Å²) < 4.78 is 5.73. The lowest BCUT2D eigenvalue weighted by molar-refractivity contribution is 0.104. The minimum atomic E-state index is -0.479. The van der Waals surface area contributed by atoms with Crippen LogP contribution in [-0.2, 0) is 0 Å². The third-order valence-electron chi connectivity index (χ3n) is 2.79. The second-order valence-corrected chi connectivity index (χ2v) is 5.26. The quantitative estimate of drug-likeness (QED) is 0.815. The number of benzene rings is 1. The highest BCUT2D eigenvalue weighted by Gasteiger charge is 2.09. The first kappa shape index (κ1) is 15.0. The average molecular weight is 251 g/mol. The molecule has 0 amide bonds. The van der Waals surface area contributed by atoms with Crippen LogP contribution in [0.15, 0.2) is 12.1 Å². The number of hydrogen-bond acceptors (Lipinski definition) is 3. The van der Waals surface area contributed by atoms with Gasteiger partial charge in [-0.05, 0) is 31.9 Å². The Morgan fingerprint density at radius 3 is 2.22 bits per heavy atom. The molecule has 0 aromatic heterocycles. The van der Waals surface area contributed by atoms with E-state index < -0.39 is 6.10 Å². The zero-order valence-electron chi connectivity index (χ0n) is 12.1. The fraction of sp³-hybridized carbons (Fsp3) is 0.600. The van der Waals surface area contributed by atoms with Crippen LogP contribution < -0.4 is 10.1 Å². The minimum Gasteiger partial charge on any atom is -0.490 e. The number of ether oxygens (including phenoxy) is 1. The van der Waals surface area contributed by atoms with E-state index in [-0.39, 0.29) is 0 Å². The molecule has 3 nitrogen and oxygen atoms in total. The van der Waals surface area contributed by atoms with Gasteiger partial charge in [-0.2, -0.15) is 0 Å². The van der Waals surface area contributed by atoms with Crippen LogP contribution in [-0.4, -0.2) is 30.4 Å². The summed E-state index contributed by atoms with van der Waals surface area (Å²) >= 11 is 0. The van der Waals surface area contributed by atoms with Crippen molar-refractivity contribution in [2.75, 3.05) is 13.2 Å². The molecule has 1 aromatic carbocycles. The number of aliphatic hydroxyl groups is 1. The molecule has 0 fully saturated rings. The average Bonchev–Trinajstić information content (AvgIpc) is 2.24. The summed E-state index contributed by atoms with van der Waals surface area (Å²) in [6, 6.07) is 4.57. The van der Waals surface area contributed by atoms with Gasteiger partial charge in [0.05, 0.1) is 0 Å². The van der Waals surface area contributed by atoms with E-state index in [0.717, 1.165) is 16.9 Å². The molecule has 0 radical (unpaired) electrons. The van der Waals surface area contributed by atoms with Gasteiger partial charge in [0.15, 0.2) is 0 Å². The van der Waals surface area contributed by atoms with E-state index in [2.05, 4.69) is 38.2 Å². The summed E-state index contributed by atoms with van der Waals surface area (Å²) in [5.41, 5.74) is 3.48. The Kier molecular flexibility index (Phi) is 5.63. The zero-order valence-corrected chi connectivity index (χ0v) is 12.1. The molecule has 0 heterocycles. The van der Waals surface area contributed by atoms with Crippen molar-refractivity contribution in [1.82, 2.24) is 5.32 Å². The number of nitrogens with one attached hydrogen (secondary N) is 1. The highest BCUT2D eigenvalue weighted by molar-refractivity contribution is 5.42. The van der Waals surface area contributed by atoms with Gasteiger partial charge in [-0.1, -0.05) is 31.5 Å². The van der Waals surface area contributed by atoms with Gasteiger partial charge in [0.25, 0.3) is 0 Å². The lowest BCUT2D eigenvalue weighted by Crippen LogP contribution is -2.35. The predicted octanol–water partition coefficient (Wildman–Crippen LogP) is 2.35. The highest BCUT2D eigenvalue weighted by atomic mass is 16.5. The summed E-state index contributed by atoms with van der Waals surface area (Å²) in [6.07, 6.45) is -0.479. The summed E-state index contributed by atoms with van der Waals surface area (Å²) in [6.45, 7) is 11.1. The Bertz CT molecular complexity index is 365. The van der Waals surface area contributed by atoms with Crippen LogP contribution >= 0.6 is 0 Å². The first-order valence-electron chi connectivity index (χ1n) is 6.52. The van der Waals surface area contributed by atoms with Crippen molar-refractivity contribution in [3.63, 3.8) is 0 Å². The monoisotopic (exact) mass is 251 g/mol. The molecular formula is C15H25NO2. The number of rotatable bonds is 6. The van der Waals surface area contributed by atoms with Gasteiger partial charge in [0, 0.05) is 12.6 Å². The number of aryl methyl sites for hydroxylation is 3. The van der Waals surface area contributed by atoms with Crippen LogP contribution in [0, 0.1) is 20.8 Å². The van der Waals surface area contributed by atoms with Gasteiger partial charge in [-0.15, -0.1) is 0 Å². The van der Waals surface area contributed by atoms with Crippen molar-refractivity contribution in [2.24, 2.45) is 0 Å². The van der Waals surface area contributed by atoms with Crippen LogP contribution in [0.25, 0.3) is 0 Å². The van der Waals surface area contributed by atoms with Crippen LogP contribution in [0.5, 0.6) is 5.75 Å². The molecule has 0 spiro atoms. The van der Waals surface area contributed by atoms with Crippen LogP contribution in [0.4, 0.5) is 0 Å². The Morgan fingerprint density at radius 1 is 1.17 bits per heavy atom. The van der Waals surface area contributed by atoms with Crippen LogP contribution in [0.2, 0.25) is 0 Å². The van der Waals surface area contributed by atoms with Gasteiger partial charge in [0.2, 0.25) is 0 Å². The topological polar surface area (TPSA) is 41.5 Å². The summed E-state index contributed by atoms with van der Waals surface area (Å²) in [5, 5.41) is 13.0. The molecule has 1 aromatic rings. The molecule has 0 saturated heterocycles. The van der Waals surface area contributed by atoms with E-state index in [1.807, 2.05) is 13.8 Å². The molecule has 0 saturated carbocycles. The van der Waals surface area contributed by atoms with Gasteiger partial charge < -0.3 is 15.2 Å². The highest BCUT2D eigenvalue weighted by Crippen LogP contribution is 2.24. The predicted molar refractivity (Wildman–Crippen MR) is 75.3 cm³/mol. The fourth-order valence-electron chi connectivity index (χ4n) is 2.00.